The quantitative estimate of drug-likeness (QED) is 0.722. The lowest BCUT2D eigenvalue weighted by molar-refractivity contribution is -0.118. The van der Waals surface area contributed by atoms with E-state index in [4.69, 9.17) is 16.3 Å². The fraction of sp³-hybridized carbons (Fsp3) is 0.417. The second-order valence-corrected chi connectivity index (χ2v) is 4.09. The molecule has 0 heterocycles. The van der Waals surface area contributed by atoms with Gasteiger partial charge in [0.1, 0.15) is 5.75 Å². The summed E-state index contributed by atoms with van der Waals surface area (Å²) < 4.78 is 5.04. The van der Waals surface area contributed by atoms with Crippen molar-refractivity contribution in [2.24, 2.45) is 0 Å². The first-order chi connectivity index (χ1) is 7.13. The van der Waals surface area contributed by atoms with E-state index in [1.165, 1.54) is 0 Å². The maximum Gasteiger partial charge on any atom is 0.150 e. The molecule has 3 heteroatoms. The van der Waals surface area contributed by atoms with Gasteiger partial charge in [-0.1, -0.05) is 12.1 Å². The average molecular weight is 227 g/mol. The van der Waals surface area contributed by atoms with E-state index >= 15 is 0 Å². The van der Waals surface area contributed by atoms with Crippen molar-refractivity contribution >= 4 is 17.4 Å². The Hall–Kier alpha value is -1.02. The number of alkyl halides is 1. The highest BCUT2D eigenvalue weighted by atomic mass is 35.5. The number of Topliss-reactive ketones (excluding diaryl/α,β-unsaturated/α-hetero) is 1. The topological polar surface area (TPSA) is 26.3 Å². The van der Waals surface area contributed by atoms with Crippen molar-refractivity contribution in [3.63, 3.8) is 0 Å². The molecule has 0 aromatic heterocycles. The minimum atomic E-state index is -0.386. The van der Waals surface area contributed by atoms with Gasteiger partial charge in [-0.3, -0.25) is 4.79 Å². The molecule has 0 N–H and O–H groups in total. The third-order valence-electron chi connectivity index (χ3n) is 2.26. The van der Waals surface area contributed by atoms with Crippen LogP contribution in [0.25, 0.3) is 0 Å². The molecule has 1 unspecified atom stereocenters. The van der Waals surface area contributed by atoms with Gasteiger partial charge in [-0.15, -0.1) is 11.6 Å². The summed E-state index contributed by atoms with van der Waals surface area (Å²) in [5.41, 5.74) is 1.13. The van der Waals surface area contributed by atoms with E-state index in [9.17, 15) is 4.79 Å². The number of rotatable bonds is 5. The molecule has 82 valence electrons. The zero-order valence-electron chi connectivity index (χ0n) is 9.00. The van der Waals surface area contributed by atoms with Crippen LogP contribution in [0.5, 0.6) is 5.75 Å². The molecule has 0 amide bonds. The van der Waals surface area contributed by atoms with E-state index in [0.29, 0.717) is 6.42 Å². The van der Waals surface area contributed by atoms with E-state index < -0.39 is 0 Å². The highest BCUT2D eigenvalue weighted by molar-refractivity contribution is 6.30. The van der Waals surface area contributed by atoms with Gasteiger partial charge in [0.25, 0.3) is 0 Å². The number of benzene rings is 1. The number of hydrogen-bond donors (Lipinski definition) is 0. The van der Waals surface area contributed by atoms with Crippen LogP contribution in [0.4, 0.5) is 0 Å². The number of carbonyl (C=O) groups excluding carboxylic acids is 1. The number of carbonyl (C=O) groups is 1. The number of ether oxygens (including phenoxy) is 1. The van der Waals surface area contributed by atoms with Crippen molar-refractivity contribution in [1.29, 1.82) is 0 Å². The Balaban J connectivity index is 2.47. The van der Waals surface area contributed by atoms with E-state index in [1.807, 2.05) is 24.3 Å². The first-order valence-corrected chi connectivity index (χ1v) is 5.37. The lowest BCUT2D eigenvalue weighted by Gasteiger charge is -2.04. The van der Waals surface area contributed by atoms with Crippen LogP contribution in [0, 0.1) is 0 Å². The molecule has 0 aliphatic carbocycles. The fourth-order valence-electron chi connectivity index (χ4n) is 1.26. The fourth-order valence-corrected chi connectivity index (χ4v) is 1.37. The SMILES string of the molecule is COc1ccc(CCC(=O)C(C)Cl)cc1. The van der Waals surface area contributed by atoms with Crippen LogP contribution in [0.1, 0.15) is 18.9 Å². The van der Waals surface area contributed by atoms with Crippen molar-refractivity contribution in [2.75, 3.05) is 7.11 Å². The third-order valence-corrected chi connectivity index (χ3v) is 2.51. The number of halogens is 1. The summed E-state index contributed by atoms with van der Waals surface area (Å²) in [6.07, 6.45) is 1.23. The summed E-state index contributed by atoms with van der Waals surface area (Å²) in [6, 6.07) is 7.71. The average Bonchev–Trinajstić information content (AvgIpc) is 2.26. The van der Waals surface area contributed by atoms with Gasteiger partial charge in [0.2, 0.25) is 0 Å². The summed E-state index contributed by atoms with van der Waals surface area (Å²) >= 11 is 5.67. The lowest BCUT2D eigenvalue weighted by Crippen LogP contribution is -2.10. The second-order valence-electron chi connectivity index (χ2n) is 3.43. The van der Waals surface area contributed by atoms with Gasteiger partial charge in [-0.25, -0.2) is 0 Å². The standard InChI is InChI=1S/C12H15ClO2/c1-9(13)12(14)8-5-10-3-6-11(15-2)7-4-10/h3-4,6-7,9H,5,8H2,1-2H3. The summed E-state index contributed by atoms with van der Waals surface area (Å²) in [5, 5.41) is -0.386. The maximum absolute atomic E-state index is 11.3. The largest absolute Gasteiger partial charge is 0.497 e. The molecule has 0 bridgehead atoms. The van der Waals surface area contributed by atoms with Gasteiger partial charge in [-0.05, 0) is 31.0 Å². The monoisotopic (exact) mass is 226 g/mol. The van der Waals surface area contributed by atoms with Gasteiger partial charge >= 0.3 is 0 Å². The Morgan fingerprint density at radius 1 is 1.40 bits per heavy atom. The molecular formula is C12H15ClO2. The van der Waals surface area contributed by atoms with Crippen molar-refractivity contribution in [2.45, 2.75) is 25.1 Å². The van der Waals surface area contributed by atoms with E-state index in [2.05, 4.69) is 0 Å². The highest BCUT2D eigenvalue weighted by Gasteiger charge is 2.08. The molecule has 0 spiro atoms. The summed E-state index contributed by atoms with van der Waals surface area (Å²) in [6.45, 7) is 1.71. The molecule has 2 nitrogen and oxygen atoms in total. The molecule has 0 aliphatic heterocycles. The van der Waals surface area contributed by atoms with Crippen LogP contribution < -0.4 is 4.74 Å². The first-order valence-electron chi connectivity index (χ1n) is 4.93. The Labute approximate surface area is 95.2 Å². The van der Waals surface area contributed by atoms with Gasteiger partial charge < -0.3 is 4.74 Å². The zero-order chi connectivity index (χ0) is 11.3. The van der Waals surface area contributed by atoms with E-state index in [0.717, 1.165) is 17.7 Å². The highest BCUT2D eigenvalue weighted by Crippen LogP contribution is 2.13. The van der Waals surface area contributed by atoms with Crippen molar-refractivity contribution in [3.05, 3.63) is 29.8 Å². The summed E-state index contributed by atoms with van der Waals surface area (Å²) in [4.78, 5) is 11.3. The van der Waals surface area contributed by atoms with Crippen LogP contribution >= 0.6 is 11.6 Å². The third kappa shape index (κ3) is 3.92. The molecule has 1 aromatic carbocycles. The first kappa shape index (κ1) is 12.1. The lowest BCUT2D eigenvalue weighted by atomic mass is 10.1. The zero-order valence-corrected chi connectivity index (χ0v) is 9.75. The number of hydrogen-bond acceptors (Lipinski definition) is 2. The second kappa shape index (κ2) is 5.76. The van der Waals surface area contributed by atoms with Crippen LogP contribution in [-0.2, 0) is 11.2 Å². The van der Waals surface area contributed by atoms with Crippen LogP contribution in [0.2, 0.25) is 0 Å². The van der Waals surface area contributed by atoms with Gasteiger partial charge in [0.15, 0.2) is 5.78 Å². The van der Waals surface area contributed by atoms with Gasteiger partial charge in [0, 0.05) is 6.42 Å². The molecule has 0 fully saturated rings. The Kier molecular flexibility index (Phi) is 4.63. The van der Waals surface area contributed by atoms with Crippen LogP contribution in [0.15, 0.2) is 24.3 Å². The van der Waals surface area contributed by atoms with E-state index in [-0.39, 0.29) is 11.2 Å². The summed E-state index contributed by atoms with van der Waals surface area (Å²) in [5.74, 6) is 0.920. The minimum Gasteiger partial charge on any atom is -0.497 e. The number of ketones is 1. The molecular weight excluding hydrogens is 212 g/mol. The number of methoxy groups -OCH3 is 1. The summed E-state index contributed by atoms with van der Waals surface area (Å²) in [7, 11) is 1.63. The molecule has 0 saturated heterocycles. The van der Waals surface area contributed by atoms with Crippen molar-refractivity contribution in [1.82, 2.24) is 0 Å². The Morgan fingerprint density at radius 2 is 2.00 bits per heavy atom. The maximum atomic E-state index is 11.3. The normalized spacial score (nSPS) is 12.2. The molecule has 0 radical (unpaired) electrons. The van der Waals surface area contributed by atoms with E-state index in [1.54, 1.807) is 14.0 Å². The Bertz CT molecular complexity index is 317. The molecule has 1 atom stereocenters. The molecule has 0 saturated carbocycles. The predicted molar refractivity (Wildman–Crippen MR) is 61.6 cm³/mol. The molecule has 1 rings (SSSR count). The molecule has 0 aliphatic rings. The molecule has 15 heavy (non-hydrogen) atoms. The van der Waals surface area contributed by atoms with Gasteiger partial charge in [-0.2, -0.15) is 0 Å². The van der Waals surface area contributed by atoms with Crippen molar-refractivity contribution in [3.8, 4) is 5.75 Å². The molecule has 1 aromatic rings. The number of aryl methyl sites for hydroxylation is 1. The van der Waals surface area contributed by atoms with Crippen LogP contribution in [0.3, 0.4) is 0 Å². The predicted octanol–water partition coefficient (Wildman–Crippen LogP) is 2.82. The smallest absolute Gasteiger partial charge is 0.150 e. The van der Waals surface area contributed by atoms with Gasteiger partial charge in [0.05, 0.1) is 12.5 Å². The minimum absolute atomic E-state index is 0.0903. The Morgan fingerprint density at radius 3 is 2.47 bits per heavy atom. The van der Waals surface area contributed by atoms with Crippen molar-refractivity contribution < 1.29 is 9.53 Å². The van der Waals surface area contributed by atoms with Crippen LogP contribution in [-0.4, -0.2) is 18.3 Å².